The largest absolute Gasteiger partial charge is 0.396 e. The van der Waals surface area contributed by atoms with Crippen LogP contribution >= 0.6 is 0 Å². The van der Waals surface area contributed by atoms with E-state index in [0.29, 0.717) is 6.42 Å². The average molecular weight is 358 g/mol. The Hall–Kier alpha value is -2.24. The Morgan fingerprint density at radius 2 is 1.76 bits per heavy atom. The predicted octanol–water partition coefficient (Wildman–Crippen LogP) is 3.94. The fourth-order valence-electron chi connectivity index (χ4n) is 3.17. The normalized spacial score (nSPS) is 15.8. The summed E-state index contributed by atoms with van der Waals surface area (Å²) in [7, 11) is -3.23. The highest BCUT2D eigenvalue weighted by Crippen LogP contribution is 2.43. The van der Waals surface area contributed by atoms with Crippen LogP contribution in [0.1, 0.15) is 30.0 Å². The highest BCUT2D eigenvalue weighted by Gasteiger charge is 2.23. The molecule has 3 rings (SSSR count). The van der Waals surface area contributed by atoms with Gasteiger partial charge in [-0.2, -0.15) is 0 Å². The van der Waals surface area contributed by atoms with Crippen molar-refractivity contribution in [2.24, 2.45) is 0 Å². The molecule has 1 aliphatic carbocycles. The standard InChI is InChI=1S/C20H19FO3S/c1-13-17(9-10-22)20-12-15(21)5-8-18(20)19(13)11-14-3-6-16(7-4-14)25(2,23)24/h3-8,11-12,22H,9-10H2,1-2H3/b19-11+. The van der Waals surface area contributed by atoms with E-state index >= 15 is 0 Å². The van der Waals surface area contributed by atoms with Crippen LogP contribution in [0.5, 0.6) is 0 Å². The lowest BCUT2D eigenvalue weighted by Crippen LogP contribution is -1.96. The smallest absolute Gasteiger partial charge is 0.175 e. The van der Waals surface area contributed by atoms with E-state index in [1.54, 1.807) is 30.3 Å². The van der Waals surface area contributed by atoms with Crippen LogP contribution in [0.25, 0.3) is 17.2 Å². The van der Waals surface area contributed by atoms with Gasteiger partial charge in [0.05, 0.1) is 4.90 Å². The SMILES string of the molecule is CC1=C(CCO)c2cc(F)ccc2/C1=C/c1ccc(S(C)(=O)=O)cc1. The summed E-state index contributed by atoms with van der Waals surface area (Å²) in [6.45, 7) is 1.96. The minimum absolute atomic E-state index is 0.00103. The van der Waals surface area contributed by atoms with Gasteiger partial charge in [-0.1, -0.05) is 18.2 Å². The fourth-order valence-corrected chi connectivity index (χ4v) is 3.80. The Bertz CT molecular complexity index is 984. The van der Waals surface area contributed by atoms with Gasteiger partial charge in [0.1, 0.15) is 5.82 Å². The highest BCUT2D eigenvalue weighted by atomic mass is 32.2. The Labute approximate surface area is 147 Å². The first-order chi connectivity index (χ1) is 11.8. The van der Waals surface area contributed by atoms with Gasteiger partial charge in [-0.15, -0.1) is 0 Å². The molecule has 3 nitrogen and oxygen atoms in total. The van der Waals surface area contributed by atoms with Crippen molar-refractivity contribution in [2.75, 3.05) is 12.9 Å². The average Bonchev–Trinajstić information content (AvgIpc) is 2.80. The molecular weight excluding hydrogens is 339 g/mol. The summed E-state index contributed by atoms with van der Waals surface area (Å²) in [5.41, 5.74) is 5.51. The maximum Gasteiger partial charge on any atom is 0.175 e. The molecule has 0 amide bonds. The zero-order valence-electron chi connectivity index (χ0n) is 14.1. The molecule has 0 unspecified atom stereocenters. The van der Waals surface area contributed by atoms with Gasteiger partial charge in [0.2, 0.25) is 0 Å². The summed E-state index contributed by atoms with van der Waals surface area (Å²) < 4.78 is 36.8. The number of rotatable bonds is 4. The number of aliphatic hydroxyl groups excluding tert-OH is 1. The van der Waals surface area contributed by atoms with E-state index in [2.05, 4.69) is 0 Å². The molecular formula is C20H19FO3S. The van der Waals surface area contributed by atoms with Crippen LogP contribution in [0.4, 0.5) is 4.39 Å². The van der Waals surface area contributed by atoms with E-state index in [9.17, 15) is 17.9 Å². The molecule has 0 heterocycles. The molecule has 130 valence electrons. The zero-order chi connectivity index (χ0) is 18.2. The van der Waals surface area contributed by atoms with Crippen LogP contribution in [0.15, 0.2) is 52.9 Å². The number of hydrogen-bond acceptors (Lipinski definition) is 3. The quantitative estimate of drug-likeness (QED) is 0.901. The summed E-state index contributed by atoms with van der Waals surface area (Å²) >= 11 is 0. The minimum atomic E-state index is -3.23. The Morgan fingerprint density at radius 1 is 1.08 bits per heavy atom. The number of benzene rings is 2. The van der Waals surface area contributed by atoms with Gasteiger partial charge >= 0.3 is 0 Å². The van der Waals surface area contributed by atoms with E-state index in [0.717, 1.165) is 33.4 Å². The lowest BCUT2D eigenvalue weighted by atomic mass is 10.0. The third kappa shape index (κ3) is 3.43. The second-order valence-electron chi connectivity index (χ2n) is 6.17. The molecule has 2 aromatic carbocycles. The molecule has 5 heteroatoms. The van der Waals surface area contributed by atoms with E-state index in [4.69, 9.17) is 0 Å². The molecule has 0 aliphatic heterocycles. The van der Waals surface area contributed by atoms with Crippen molar-refractivity contribution in [3.05, 3.63) is 70.5 Å². The monoisotopic (exact) mass is 358 g/mol. The van der Waals surface area contributed by atoms with E-state index in [-0.39, 0.29) is 17.3 Å². The van der Waals surface area contributed by atoms with Gasteiger partial charge in [0.25, 0.3) is 0 Å². The number of halogens is 1. The Morgan fingerprint density at radius 3 is 2.36 bits per heavy atom. The predicted molar refractivity (Wildman–Crippen MR) is 98.1 cm³/mol. The maximum absolute atomic E-state index is 13.7. The van der Waals surface area contributed by atoms with Crippen molar-refractivity contribution in [3.63, 3.8) is 0 Å². The number of allylic oxidation sites excluding steroid dienone is 2. The summed E-state index contributed by atoms with van der Waals surface area (Å²) in [6, 6.07) is 11.3. The van der Waals surface area contributed by atoms with E-state index < -0.39 is 9.84 Å². The third-order valence-electron chi connectivity index (χ3n) is 4.43. The van der Waals surface area contributed by atoms with Crippen molar-refractivity contribution in [2.45, 2.75) is 18.2 Å². The number of hydrogen-bond donors (Lipinski definition) is 1. The Kier molecular flexibility index (Phi) is 4.62. The van der Waals surface area contributed by atoms with Gasteiger partial charge in [-0.05, 0) is 77.1 Å². The minimum Gasteiger partial charge on any atom is -0.396 e. The molecule has 0 saturated heterocycles. The molecule has 0 bridgehead atoms. The lowest BCUT2D eigenvalue weighted by Gasteiger charge is -2.05. The van der Waals surface area contributed by atoms with Crippen LogP contribution in [-0.4, -0.2) is 26.4 Å². The molecule has 2 aromatic rings. The maximum atomic E-state index is 13.7. The fraction of sp³-hybridized carbons (Fsp3) is 0.200. The van der Waals surface area contributed by atoms with Gasteiger partial charge in [-0.3, -0.25) is 0 Å². The van der Waals surface area contributed by atoms with Crippen molar-refractivity contribution in [1.29, 1.82) is 0 Å². The molecule has 1 N–H and O–H groups in total. The summed E-state index contributed by atoms with van der Waals surface area (Å²) in [5.74, 6) is -0.305. The molecule has 0 saturated carbocycles. The zero-order valence-corrected chi connectivity index (χ0v) is 14.9. The van der Waals surface area contributed by atoms with Gasteiger partial charge in [-0.25, -0.2) is 12.8 Å². The molecule has 1 aliphatic rings. The molecule has 0 atom stereocenters. The lowest BCUT2D eigenvalue weighted by molar-refractivity contribution is 0.305. The first kappa shape index (κ1) is 17.6. The van der Waals surface area contributed by atoms with Gasteiger partial charge in [0, 0.05) is 12.9 Å². The summed E-state index contributed by atoms with van der Waals surface area (Å²) in [4.78, 5) is 0.275. The first-order valence-electron chi connectivity index (χ1n) is 7.94. The van der Waals surface area contributed by atoms with Crippen LogP contribution in [-0.2, 0) is 9.84 Å². The molecule has 0 aromatic heterocycles. The number of sulfone groups is 1. The summed E-state index contributed by atoms with van der Waals surface area (Å²) in [6.07, 6.45) is 3.60. The highest BCUT2D eigenvalue weighted by molar-refractivity contribution is 7.90. The first-order valence-corrected chi connectivity index (χ1v) is 9.83. The van der Waals surface area contributed by atoms with Crippen LogP contribution in [0.3, 0.4) is 0 Å². The number of aliphatic hydroxyl groups is 1. The topological polar surface area (TPSA) is 54.4 Å². The van der Waals surface area contributed by atoms with Gasteiger partial charge < -0.3 is 5.11 Å². The van der Waals surface area contributed by atoms with Gasteiger partial charge in [0.15, 0.2) is 9.84 Å². The van der Waals surface area contributed by atoms with Crippen LogP contribution in [0, 0.1) is 5.82 Å². The van der Waals surface area contributed by atoms with Crippen LogP contribution in [0.2, 0.25) is 0 Å². The molecule has 0 fully saturated rings. The van der Waals surface area contributed by atoms with Crippen molar-refractivity contribution in [3.8, 4) is 0 Å². The molecule has 0 radical (unpaired) electrons. The Balaban J connectivity index is 2.09. The van der Waals surface area contributed by atoms with Crippen LogP contribution < -0.4 is 0 Å². The second-order valence-corrected chi connectivity index (χ2v) is 8.18. The third-order valence-corrected chi connectivity index (χ3v) is 5.56. The van der Waals surface area contributed by atoms with Crippen molar-refractivity contribution < 1.29 is 17.9 Å². The van der Waals surface area contributed by atoms with Crippen molar-refractivity contribution in [1.82, 2.24) is 0 Å². The molecule has 25 heavy (non-hydrogen) atoms. The van der Waals surface area contributed by atoms with E-state index in [1.807, 2.05) is 13.0 Å². The summed E-state index contributed by atoms with van der Waals surface area (Å²) in [5, 5.41) is 9.32. The second kappa shape index (κ2) is 6.58. The van der Waals surface area contributed by atoms with E-state index in [1.165, 1.54) is 18.4 Å². The number of fused-ring (bicyclic) bond motifs is 1. The molecule has 0 spiro atoms. The van der Waals surface area contributed by atoms with Crippen molar-refractivity contribution >= 4 is 27.1 Å².